The highest BCUT2D eigenvalue weighted by atomic mass is 16.5. The van der Waals surface area contributed by atoms with E-state index in [-0.39, 0.29) is 18.2 Å². The van der Waals surface area contributed by atoms with Crippen molar-refractivity contribution in [2.75, 3.05) is 44.7 Å². The minimum atomic E-state index is -0.569. The van der Waals surface area contributed by atoms with E-state index < -0.39 is 6.04 Å². The molecule has 2 aliphatic rings. The lowest BCUT2D eigenvalue weighted by molar-refractivity contribution is -0.128. The number of nitrogens with one attached hydrogen (secondary N) is 2. The first-order chi connectivity index (χ1) is 12.2. The number of anilines is 1. The summed E-state index contributed by atoms with van der Waals surface area (Å²) < 4.78 is 7.14. The number of nitrogens with zero attached hydrogens (tertiary/aromatic N) is 3. The molecular weight excluding hydrogens is 322 g/mol. The van der Waals surface area contributed by atoms with Crippen molar-refractivity contribution in [1.82, 2.24) is 19.8 Å². The Morgan fingerprint density at radius 3 is 2.96 bits per heavy atom. The summed E-state index contributed by atoms with van der Waals surface area (Å²) in [4.78, 5) is 31.4. The third-order valence-electron chi connectivity index (χ3n) is 4.67. The van der Waals surface area contributed by atoms with Crippen LogP contribution >= 0.6 is 0 Å². The number of imidazole rings is 1. The van der Waals surface area contributed by atoms with Crippen LogP contribution in [0.25, 0.3) is 11.0 Å². The second-order valence-corrected chi connectivity index (χ2v) is 6.31. The molecule has 0 spiro atoms. The van der Waals surface area contributed by atoms with Crippen molar-refractivity contribution >= 4 is 28.8 Å². The van der Waals surface area contributed by atoms with Gasteiger partial charge in [-0.05, 0) is 12.1 Å². The molecule has 1 atom stereocenters. The Hall–Kier alpha value is -2.45. The molecule has 0 bridgehead atoms. The number of amides is 2. The Labute approximate surface area is 145 Å². The maximum atomic E-state index is 12.7. The number of aromatic nitrogens is 2. The van der Waals surface area contributed by atoms with Gasteiger partial charge in [0.2, 0.25) is 17.8 Å². The molecule has 2 aromatic rings. The summed E-state index contributed by atoms with van der Waals surface area (Å²) in [6.07, 6.45) is 0.122. The third-order valence-corrected chi connectivity index (χ3v) is 4.67. The van der Waals surface area contributed by atoms with Crippen LogP contribution in [0.4, 0.5) is 5.95 Å². The highest BCUT2D eigenvalue weighted by Gasteiger charge is 2.32. The van der Waals surface area contributed by atoms with E-state index in [2.05, 4.69) is 20.5 Å². The summed E-state index contributed by atoms with van der Waals surface area (Å²) in [5, 5.41) is 5.72. The Bertz CT molecular complexity index is 797. The number of carbonyl (C=O) groups is 2. The molecule has 1 aromatic heterocycles. The molecule has 2 amide bonds. The number of ether oxygens (including phenoxy) is 1. The van der Waals surface area contributed by atoms with Gasteiger partial charge in [0.1, 0.15) is 6.04 Å². The predicted molar refractivity (Wildman–Crippen MR) is 92.3 cm³/mol. The van der Waals surface area contributed by atoms with Crippen molar-refractivity contribution in [1.29, 1.82) is 0 Å². The van der Waals surface area contributed by atoms with E-state index in [1.807, 2.05) is 28.8 Å². The van der Waals surface area contributed by atoms with Crippen molar-refractivity contribution in [2.24, 2.45) is 0 Å². The summed E-state index contributed by atoms with van der Waals surface area (Å²) in [6, 6.07) is 7.01. The van der Waals surface area contributed by atoms with Crippen LogP contribution in [0.5, 0.6) is 0 Å². The lowest BCUT2D eigenvalue weighted by Gasteiger charge is -2.28. The second-order valence-electron chi connectivity index (χ2n) is 6.31. The largest absolute Gasteiger partial charge is 0.379 e. The van der Waals surface area contributed by atoms with Crippen molar-refractivity contribution in [3.63, 3.8) is 0 Å². The molecule has 3 heterocycles. The normalized spacial score (nSPS) is 21.0. The van der Waals surface area contributed by atoms with E-state index >= 15 is 0 Å². The van der Waals surface area contributed by atoms with Crippen LogP contribution in [0.1, 0.15) is 12.5 Å². The molecule has 0 aliphatic carbocycles. The van der Waals surface area contributed by atoms with Crippen molar-refractivity contribution in [3.05, 3.63) is 24.3 Å². The predicted octanol–water partition coefficient (Wildman–Crippen LogP) is 0.368. The fraction of sp³-hybridized carbons (Fsp3) is 0.471. The smallest absolute Gasteiger partial charge is 0.243 e. The molecule has 132 valence electrons. The van der Waals surface area contributed by atoms with Crippen LogP contribution in [0.15, 0.2) is 24.3 Å². The van der Waals surface area contributed by atoms with E-state index in [4.69, 9.17) is 4.74 Å². The van der Waals surface area contributed by atoms with Crippen molar-refractivity contribution in [3.8, 4) is 0 Å². The SMILES string of the molecule is O=C1CC(C(=O)NCCN2CCOCC2)n2c(nc3ccccc32)N1. The van der Waals surface area contributed by atoms with E-state index in [1.165, 1.54) is 0 Å². The summed E-state index contributed by atoms with van der Waals surface area (Å²) in [6.45, 7) is 4.59. The van der Waals surface area contributed by atoms with E-state index in [9.17, 15) is 9.59 Å². The van der Waals surface area contributed by atoms with Gasteiger partial charge in [-0.2, -0.15) is 0 Å². The highest BCUT2D eigenvalue weighted by molar-refractivity contribution is 5.99. The van der Waals surface area contributed by atoms with Gasteiger partial charge in [-0.25, -0.2) is 4.98 Å². The Morgan fingerprint density at radius 2 is 2.12 bits per heavy atom. The number of morpholine rings is 1. The molecule has 2 aliphatic heterocycles. The number of hydrogen-bond acceptors (Lipinski definition) is 5. The quantitative estimate of drug-likeness (QED) is 0.837. The summed E-state index contributed by atoms with van der Waals surface area (Å²) >= 11 is 0. The van der Waals surface area contributed by atoms with Gasteiger partial charge < -0.3 is 10.1 Å². The maximum absolute atomic E-state index is 12.7. The molecule has 1 aromatic carbocycles. The van der Waals surface area contributed by atoms with E-state index in [0.29, 0.717) is 12.5 Å². The number of carbonyl (C=O) groups excluding carboxylic acids is 2. The zero-order valence-electron chi connectivity index (χ0n) is 13.9. The number of para-hydroxylation sites is 2. The Morgan fingerprint density at radius 1 is 1.32 bits per heavy atom. The van der Waals surface area contributed by atoms with Crippen LogP contribution in [-0.4, -0.2) is 65.7 Å². The number of benzene rings is 1. The van der Waals surface area contributed by atoms with Crippen LogP contribution in [0.2, 0.25) is 0 Å². The summed E-state index contributed by atoms with van der Waals surface area (Å²) in [5.74, 6) is 0.106. The second kappa shape index (κ2) is 6.81. The molecule has 1 unspecified atom stereocenters. The average molecular weight is 343 g/mol. The monoisotopic (exact) mass is 343 g/mol. The highest BCUT2D eigenvalue weighted by Crippen LogP contribution is 2.30. The van der Waals surface area contributed by atoms with Crippen LogP contribution in [0, 0.1) is 0 Å². The molecule has 25 heavy (non-hydrogen) atoms. The van der Waals surface area contributed by atoms with Gasteiger partial charge in [-0.15, -0.1) is 0 Å². The van der Waals surface area contributed by atoms with Crippen molar-refractivity contribution < 1.29 is 14.3 Å². The third kappa shape index (κ3) is 3.22. The minimum Gasteiger partial charge on any atom is -0.379 e. The summed E-state index contributed by atoms with van der Waals surface area (Å²) in [7, 11) is 0. The molecule has 4 rings (SSSR count). The molecule has 1 saturated heterocycles. The van der Waals surface area contributed by atoms with Gasteiger partial charge >= 0.3 is 0 Å². The standard InChI is InChI=1S/C17H21N5O3/c23-15-11-14(16(24)18-5-6-21-7-9-25-10-8-21)22-13-4-2-1-3-12(13)19-17(22)20-15/h1-4,14H,5-11H2,(H,18,24)(H,19,20,23). The number of fused-ring (bicyclic) bond motifs is 3. The Kier molecular flexibility index (Phi) is 4.37. The lowest BCUT2D eigenvalue weighted by atomic mass is 10.1. The first-order valence-electron chi connectivity index (χ1n) is 8.57. The molecular formula is C17H21N5O3. The molecule has 2 N–H and O–H groups in total. The zero-order valence-corrected chi connectivity index (χ0v) is 13.9. The van der Waals surface area contributed by atoms with Gasteiger partial charge in [0.15, 0.2) is 0 Å². The molecule has 1 fully saturated rings. The minimum absolute atomic E-state index is 0.122. The van der Waals surface area contributed by atoms with Crippen molar-refractivity contribution in [2.45, 2.75) is 12.5 Å². The fourth-order valence-corrected chi connectivity index (χ4v) is 3.38. The first-order valence-corrected chi connectivity index (χ1v) is 8.57. The maximum Gasteiger partial charge on any atom is 0.243 e. The number of hydrogen-bond donors (Lipinski definition) is 2. The van der Waals surface area contributed by atoms with Gasteiger partial charge in [0.25, 0.3) is 0 Å². The lowest BCUT2D eigenvalue weighted by Crippen LogP contribution is -2.44. The van der Waals surface area contributed by atoms with Gasteiger partial charge in [-0.1, -0.05) is 12.1 Å². The Balaban J connectivity index is 1.48. The van der Waals surface area contributed by atoms with E-state index in [1.54, 1.807) is 0 Å². The van der Waals surface area contributed by atoms with Gasteiger partial charge in [0.05, 0.1) is 30.7 Å². The zero-order chi connectivity index (χ0) is 17.2. The first kappa shape index (κ1) is 16.0. The van der Waals surface area contributed by atoms with Crippen LogP contribution < -0.4 is 10.6 Å². The fourth-order valence-electron chi connectivity index (χ4n) is 3.38. The van der Waals surface area contributed by atoms with Crippen LogP contribution in [0.3, 0.4) is 0 Å². The van der Waals surface area contributed by atoms with Gasteiger partial charge in [0, 0.05) is 26.2 Å². The summed E-state index contributed by atoms with van der Waals surface area (Å²) in [5.41, 5.74) is 1.62. The molecule has 0 radical (unpaired) electrons. The average Bonchev–Trinajstić information content (AvgIpc) is 2.99. The van der Waals surface area contributed by atoms with Gasteiger partial charge in [-0.3, -0.25) is 24.4 Å². The molecule has 8 nitrogen and oxygen atoms in total. The molecule has 0 saturated carbocycles. The van der Waals surface area contributed by atoms with E-state index in [0.717, 1.165) is 43.9 Å². The topological polar surface area (TPSA) is 88.5 Å². The van der Waals surface area contributed by atoms with Crippen LogP contribution in [-0.2, 0) is 14.3 Å². The molecule has 8 heteroatoms. The number of rotatable bonds is 4.